The summed E-state index contributed by atoms with van der Waals surface area (Å²) in [7, 11) is 5.92. The monoisotopic (exact) mass is 728 g/mol. The third-order valence-electron chi connectivity index (χ3n) is 12.6. The molecule has 3 N–H and O–H groups in total. The number of carbonyl (C=O) groups excluding carboxylic acids is 1. The minimum Gasteiger partial charge on any atom is -0.497 e. The van der Waals surface area contributed by atoms with Crippen LogP contribution in [-0.2, 0) is 29.3 Å². The number of likely N-dealkylation sites (N-methyl/N-ethyl adjacent to an activating group) is 1. The Hall–Kier alpha value is -3.31. The summed E-state index contributed by atoms with van der Waals surface area (Å²) in [5.41, 5.74) is 4.72. The summed E-state index contributed by atoms with van der Waals surface area (Å²) >= 11 is 0. The van der Waals surface area contributed by atoms with Crippen LogP contribution in [0.2, 0.25) is 0 Å². The SMILES string of the molecule is COc1cccc(CN(Cc2cccc(CN3O[C@@H](CO)[C@@H]([C@H](C)O)[C@H]3C(=O)N[C@H]3C[C@@H](C)C(C)(C)[C@@H](C)[C@@H]3C)c2)[C@H](CN(C)C)c2ccccc2)c1. The Balaban J connectivity index is 1.41. The molecule has 1 aliphatic heterocycles. The van der Waals surface area contributed by atoms with E-state index in [1.54, 1.807) is 19.1 Å². The number of benzene rings is 3. The second-order valence-electron chi connectivity index (χ2n) is 16.7. The van der Waals surface area contributed by atoms with Gasteiger partial charge in [-0.1, -0.05) is 101 Å². The van der Waals surface area contributed by atoms with Crippen molar-refractivity contribution in [3.63, 3.8) is 0 Å². The molecule has 1 amide bonds. The number of hydrogen-bond acceptors (Lipinski definition) is 8. The number of rotatable bonds is 15. The zero-order chi connectivity index (χ0) is 38.4. The number of aliphatic hydroxyl groups excluding tert-OH is 2. The van der Waals surface area contributed by atoms with E-state index in [4.69, 9.17) is 9.57 Å². The molecule has 2 aliphatic rings. The third kappa shape index (κ3) is 9.68. The maximum Gasteiger partial charge on any atom is 0.240 e. The van der Waals surface area contributed by atoms with Gasteiger partial charge in [-0.15, -0.1) is 0 Å². The van der Waals surface area contributed by atoms with Crippen molar-refractivity contribution in [2.45, 2.75) is 97.9 Å². The molecule has 9 heteroatoms. The van der Waals surface area contributed by atoms with Crippen molar-refractivity contribution in [1.82, 2.24) is 20.2 Å². The lowest BCUT2D eigenvalue weighted by Crippen LogP contribution is -2.56. The normalized spacial score (nSPS) is 27.2. The van der Waals surface area contributed by atoms with Gasteiger partial charge in [0.1, 0.15) is 17.9 Å². The molecule has 2 fully saturated rings. The van der Waals surface area contributed by atoms with Gasteiger partial charge in [0.15, 0.2) is 0 Å². The number of amides is 1. The summed E-state index contributed by atoms with van der Waals surface area (Å²) in [4.78, 5) is 25.3. The molecule has 0 spiro atoms. The van der Waals surface area contributed by atoms with Gasteiger partial charge >= 0.3 is 0 Å². The fourth-order valence-electron chi connectivity index (χ4n) is 8.68. The topological polar surface area (TPSA) is 97.7 Å². The van der Waals surface area contributed by atoms with Crippen LogP contribution in [0.4, 0.5) is 0 Å². The average Bonchev–Trinajstić information content (AvgIpc) is 3.51. The number of hydrogen-bond donors (Lipinski definition) is 3. The Kier molecular flexibility index (Phi) is 13.8. The average molecular weight is 729 g/mol. The Bertz CT molecular complexity index is 1620. The Morgan fingerprint density at radius 2 is 1.62 bits per heavy atom. The predicted octanol–water partition coefficient (Wildman–Crippen LogP) is 6.30. The van der Waals surface area contributed by atoms with E-state index >= 15 is 0 Å². The Morgan fingerprint density at radius 3 is 2.25 bits per heavy atom. The number of carbonyl (C=O) groups is 1. The molecule has 9 atom stereocenters. The lowest BCUT2D eigenvalue weighted by atomic mass is 9.58. The lowest BCUT2D eigenvalue weighted by molar-refractivity contribution is -0.182. The van der Waals surface area contributed by atoms with E-state index in [1.165, 1.54) is 11.1 Å². The smallest absolute Gasteiger partial charge is 0.240 e. The zero-order valence-corrected chi connectivity index (χ0v) is 33.4. The van der Waals surface area contributed by atoms with E-state index in [2.05, 4.69) is 131 Å². The van der Waals surface area contributed by atoms with Gasteiger partial charge < -0.3 is 25.2 Å². The molecule has 5 rings (SSSR count). The number of ether oxygens (including phenoxy) is 1. The van der Waals surface area contributed by atoms with E-state index in [0.29, 0.717) is 37.4 Å². The Morgan fingerprint density at radius 1 is 0.981 bits per heavy atom. The molecule has 1 saturated carbocycles. The number of methoxy groups -OCH3 is 1. The van der Waals surface area contributed by atoms with Crippen molar-refractivity contribution >= 4 is 5.91 Å². The van der Waals surface area contributed by atoms with Crippen molar-refractivity contribution < 1.29 is 24.6 Å². The molecule has 290 valence electrons. The van der Waals surface area contributed by atoms with E-state index in [9.17, 15) is 15.0 Å². The molecule has 0 radical (unpaired) electrons. The molecule has 9 nitrogen and oxygen atoms in total. The molecule has 1 aliphatic carbocycles. The summed E-state index contributed by atoms with van der Waals surface area (Å²) in [6, 6.07) is 26.7. The molecule has 3 aromatic rings. The molecule has 0 aromatic heterocycles. The summed E-state index contributed by atoms with van der Waals surface area (Å²) in [6.45, 7) is 15.4. The van der Waals surface area contributed by atoms with Crippen LogP contribution in [0, 0.1) is 29.1 Å². The van der Waals surface area contributed by atoms with Crippen LogP contribution in [0.15, 0.2) is 78.9 Å². The maximum absolute atomic E-state index is 14.3. The first kappa shape index (κ1) is 40.9. The second-order valence-corrected chi connectivity index (χ2v) is 16.7. The van der Waals surface area contributed by atoms with Crippen molar-refractivity contribution in [2.24, 2.45) is 29.1 Å². The van der Waals surface area contributed by atoms with Crippen molar-refractivity contribution in [3.8, 4) is 5.75 Å². The predicted molar refractivity (Wildman–Crippen MR) is 211 cm³/mol. The Labute approximate surface area is 318 Å². The number of aliphatic hydroxyl groups is 2. The van der Waals surface area contributed by atoms with Gasteiger partial charge in [-0.3, -0.25) is 14.5 Å². The van der Waals surface area contributed by atoms with Gasteiger partial charge in [-0.25, -0.2) is 0 Å². The minimum atomic E-state index is -0.850. The highest BCUT2D eigenvalue weighted by atomic mass is 16.7. The first-order valence-electron chi connectivity index (χ1n) is 19.4. The molecular weight excluding hydrogens is 665 g/mol. The fourth-order valence-corrected chi connectivity index (χ4v) is 8.68. The van der Waals surface area contributed by atoms with E-state index in [-0.39, 0.29) is 30.0 Å². The molecular formula is C44H64N4O5. The summed E-state index contributed by atoms with van der Waals surface area (Å²) in [5.74, 6) is 1.26. The van der Waals surface area contributed by atoms with Crippen LogP contribution in [0.3, 0.4) is 0 Å². The molecule has 1 heterocycles. The number of hydroxylamine groups is 2. The maximum atomic E-state index is 14.3. The van der Waals surface area contributed by atoms with Gasteiger partial charge in [0, 0.05) is 37.6 Å². The standard InChI is InChI=1S/C44H64N4O5/c1-29-21-38(30(2)31(3)44(29,5)6)45-43(51)42-41(32(4)50)40(28-49)53-48(42)26-34-16-13-15-33(22-34)24-47(25-35-17-14-20-37(23-35)52-9)39(27-46(7)8)36-18-11-10-12-19-36/h10-20,22-23,29-32,38-42,49-50H,21,24-28H2,1-9H3,(H,45,51)/t29-,30+,31+,32+,38+,39-,40+,41-,42+/m1/s1. The molecule has 0 bridgehead atoms. The van der Waals surface area contributed by atoms with Crippen LogP contribution >= 0.6 is 0 Å². The number of nitrogens with zero attached hydrogens (tertiary/aromatic N) is 3. The molecule has 1 saturated heterocycles. The fraction of sp³-hybridized carbons (Fsp3) is 0.568. The van der Waals surface area contributed by atoms with Gasteiger partial charge in [-0.05, 0) is 85.0 Å². The van der Waals surface area contributed by atoms with Crippen LogP contribution in [-0.4, -0.2) is 89.6 Å². The molecule has 3 aromatic carbocycles. The highest BCUT2D eigenvalue weighted by Crippen LogP contribution is 2.47. The zero-order valence-electron chi connectivity index (χ0n) is 33.4. The van der Waals surface area contributed by atoms with Crippen LogP contribution in [0.25, 0.3) is 0 Å². The highest BCUT2D eigenvalue weighted by molar-refractivity contribution is 5.82. The third-order valence-corrected chi connectivity index (χ3v) is 12.6. The summed E-state index contributed by atoms with van der Waals surface area (Å²) in [6.07, 6.45) is -0.644. The summed E-state index contributed by atoms with van der Waals surface area (Å²) in [5, 5.41) is 26.4. The van der Waals surface area contributed by atoms with Crippen molar-refractivity contribution in [1.29, 1.82) is 0 Å². The first-order chi connectivity index (χ1) is 25.2. The first-order valence-corrected chi connectivity index (χ1v) is 19.4. The van der Waals surface area contributed by atoms with Crippen LogP contribution in [0.1, 0.15) is 76.3 Å². The quantitative estimate of drug-likeness (QED) is 0.168. The van der Waals surface area contributed by atoms with Crippen LogP contribution < -0.4 is 10.1 Å². The van der Waals surface area contributed by atoms with Gasteiger partial charge in [0.05, 0.1) is 26.4 Å². The van der Waals surface area contributed by atoms with Crippen molar-refractivity contribution in [2.75, 3.05) is 34.4 Å². The molecule has 0 unspecified atom stereocenters. The van der Waals surface area contributed by atoms with Crippen LogP contribution in [0.5, 0.6) is 5.75 Å². The van der Waals surface area contributed by atoms with Gasteiger partial charge in [0.25, 0.3) is 0 Å². The van der Waals surface area contributed by atoms with E-state index in [0.717, 1.165) is 29.8 Å². The minimum absolute atomic E-state index is 0.0174. The highest BCUT2D eigenvalue weighted by Gasteiger charge is 2.51. The van der Waals surface area contributed by atoms with E-state index in [1.807, 2.05) is 12.1 Å². The molecule has 53 heavy (non-hydrogen) atoms. The van der Waals surface area contributed by atoms with Gasteiger partial charge in [-0.2, -0.15) is 5.06 Å². The number of nitrogens with one attached hydrogen (secondary N) is 1. The summed E-state index contributed by atoms with van der Waals surface area (Å²) < 4.78 is 5.57. The second kappa shape index (κ2) is 17.9. The lowest BCUT2D eigenvalue weighted by Gasteiger charge is -2.50. The van der Waals surface area contributed by atoms with Crippen molar-refractivity contribution in [3.05, 3.63) is 101 Å². The van der Waals surface area contributed by atoms with E-state index < -0.39 is 24.2 Å². The largest absolute Gasteiger partial charge is 0.497 e. The van der Waals surface area contributed by atoms with Gasteiger partial charge in [0.2, 0.25) is 5.91 Å².